The molecule has 0 fully saturated rings. The fourth-order valence-corrected chi connectivity index (χ4v) is 1.75. The molecule has 0 amide bonds. The fourth-order valence-electron chi connectivity index (χ4n) is 1.75. The summed E-state index contributed by atoms with van der Waals surface area (Å²) in [6, 6.07) is 5.74. The molecule has 2 aromatic rings. The van der Waals surface area contributed by atoms with Crippen LogP contribution in [0.1, 0.15) is 25.5 Å². The number of anilines is 4. The Kier molecular flexibility index (Phi) is 4.70. The molecule has 0 radical (unpaired) electrons. The van der Waals surface area contributed by atoms with E-state index in [0.29, 0.717) is 17.3 Å². The summed E-state index contributed by atoms with van der Waals surface area (Å²) in [7, 11) is 0. The van der Waals surface area contributed by atoms with Gasteiger partial charge in [-0.25, -0.2) is 15.0 Å². The molecule has 2 heterocycles. The highest BCUT2D eigenvalue weighted by Crippen LogP contribution is 2.24. The quantitative estimate of drug-likeness (QED) is 0.701. The molecule has 0 saturated heterocycles. The third kappa shape index (κ3) is 3.57. The summed E-state index contributed by atoms with van der Waals surface area (Å²) in [5.74, 6) is 1.94. The SMILES string of the molecule is CCCCNc1ncnc(Nc2cccc(C)n2)c1N. The molecule has 0 aliphatic carbocycles. The van der Waals surface area contributed by atoms with Crippen molar-refractivity contribution in [3.63, 3.8) is 0 Å². The van der Waals surface area contributed by atoms with Gasteiger partial charge in [-0.2, -0.15) is 0 Å². The highest BCUT2D eigenvalue weighted by Gasteiger charge is 2.08. The first-order chi connectivity index (χ1) is 9.70. The van der Waals surface area contributed by atoms with Crippen LogP contribution in [0.4, 0.5) is 23.1 Å². The van der Waals surface area contributed by atoms with Crippen molar-refractivity contribution in [2.75, 3.05) is 22.9 Å². The van der Waals surface area contributed by atoms with Gasteiger partial charge in [0.05, 0.1) is 0 Å². The summed E-state index contributed by atoms with van der Waals surface area (Å²) >= 11 is 0. The number of nitrogens with zero attached hydrogens (tertiary/aromatic N) is 3. The lowest BCUT2D eigenvalue weighted by molar-refractivity contribution is 0.831. The molecule has 0 bridgehead atoms. The number of nitrogens with two attached hydrogens (primary N) is 1. The van der Waals surface area contributed by atoms with E-state index >= 15 is 0 Å². The van der Waals surface area contributed by atoms with Gasteiger partial charge in [-0.3, -0.25) is 0 Å². The van der Waals surface area contributed by atoms with Gasteiger partial charge in [0.15, 0.2) is 11.6 Å². The van der Waals surface area contributed by atoms with Crippen LogP contribution in [0, 0.1) is 6.92 Å². The first kappa shape index (κ1) is 14.0. The molecule has 2 rings (SSSR count). The molecule has 0 spiro atoms. The lowest BCUT2D eigenvalue weighted by Gasteiger charge is -2.12. The third-order valence-corrected chi connectivity index (χ3v) is 2.84. The molecule has 0 atom stereocenters. The van der Waals surface area contributed by atoms with E-state index in [9.17, 15) is 0 Å². The number of hydrogen-bond acceptors (Lipinski definition) is 6. The molecule has 0 unspecified atom stereocenters. The number of unbranched alkanes of at least 4 members (excludes halogenated alkanes) is 1. The lowest BCUT2D eigenvalue weighted by Crippen LogP contribution is -2.09. The number of aryl methyl sites for hydroxylation is 1. The Hall–Kier alpha value is -2.37. The van der Waals surface area contributed by atoms with Gasteiger partial charge in [-0.1, -0.05) is 19.4 Å². The second-order valence-electron chi connectivity index (χ2n) is 4.55. The number of nitrogens with one attached hydrogen (secondary N) is 2. The first-order valence-corrected chi connectivity index (χ1v) is 6.75. The molecule has 20 heavy (non-hydrogen) atoms. The van der Waals surface area contributed by atoms with Crippen LogP contribution in [0.25, 0.3) is 0 Å². The zero-order chi connectivity index (χ0) is 14.4. The molecule has 0 aliphatic rings. The summed E-state index contributed by atoms with van der Waals surface area (Å²) in [6.45, 7) is 4.92. The summed E-state index contributed by atoms with van der Waals surface area (Å²) < 4.78 is 0. The van der Waals surface area contributed by atoms with E-state index in [-0.39, 0.29) is 0 Å². The Morgan fingerprint density at radius 3 is 2.75 bits per heavy atom. The summed E-state index contributed by atoms with van der Waals surface area (Å²) in [5.41, 5.74) is 7.51. The van der Waals surface area contributed by atoms with Crippen LogP contribution < -0.4 is 16.4 Å². The van der Waals surface area contributed by atoms with Crippen LogP contribution in [0.15, 0.2) is 24.5 Å². The molecule has 0 aromatic carbocycles. The Balaban J connectivity index is 2.14. The van der Waals surface area contributed by atoms with Crippen molar-refractivity contribution >= 4 is 23.1 Å². The molecule has 4 N–H and O–H groups in total. The van der Waals surface area contributed by atoms with Crippen molar-refractivity contribution in [2.24, 2.45) is 0 Å². The van der Waals surface area contributed by atoms with E-state index in [2.05, 4.69) is 32.5 Å². The van der Waals surface area contributed by atoms with Crippen LogP contribution in [0.5, 0.6) is 0 Å². The Morgan fingerprint density at radius 2 is 2.00 bits per heavy atom. The van der Waals surface area contributed by atoms with E-state index in [4.69, 9.17) is 5.73 Å². The number of hydrogen-bond donors (Lipinski definition) is 3. The zero-order valence-electron chi connectivity index (χ0n) is 11.8. The molecule has 106 valence electrons. The van der Waals surface area contributed by atoms with Crippen LogP contribution in [-0.4, -0.2) is 21.5 Å². The molecule has 6 heteroatoms. The minimum absolute atomic E-state index is 0.506. The van der Waals surface area contributed by atoms with Gasteiger partial charge < -0.3 is 16.4 Å². The van der Waals surface area contributed by atoms with Gasteiger partial charge in [0.2, 0.25) is 0 Å². The van der Waals surface area contributed by atoms with E-state index < -0.39 is 0 Å². The van der Waals surface area contributed by atoms with Crippen LogP contribution in [-0.2, 0) is 0 Å². The Labute approximate surface area is 118 Å². The van der Waals surface area contributed by atoms with E-state index in [0.717, 1.165) is 30.9 Å². The Morgan fingerprint density at radius 1 is 1.20 bits per heavy atom. The number of pyridine rings is 1. The van der Waals surface area contributed by atoms with Gasteiger partial charge in [-0.05, 0) is 25.5 Å². The van der Waals surface area contributed by atoms with Gasteiger partial charge in [0.1, 0.15) is 17.8 Å². The predicted molar refractivity (Wildman–Crippen MR) is 82.1 cm³/mol. The number of aromatic nitrogens is 3. The topological polar surface area (TPSA) is 88.8 Å². The van der Waals surface area contributed by atoms with E-state index in [1.165, 1.54) is 6.33 Å². The lowest BCUT2D eigenvalue weighted by atomic mass is 10.3. The summed E-state index contributed by atoms with van der Waals surface area (Å²) in [5, 5.41) is 6.33. The molecule has 2 aromatic heterocycles. The normalized spacial score (nSPS) is 10.3. The van der Waals surface area contributed by atoms with E-state index in [1.807, 2.05) is 25.1 Å². The van der Waals surface area contributed by atoms with Crippen molar-refractivity contribution in [3.8, 4) is 0 Å². The van der Waals surface area contributed by atoms with Gasteiger partial charge in [0, 0.05) is 12.2 Å². The fraction of sp³-hybridized carbons (Fsp3) is 0.357. The van der Waals surface area contributed by atoms with Crippen molar-refractivity contribution in [2.45, 2.75) is 26.7 Å². The van der Waals surface area contributed by atoms with Crippen molar-refractivity contribution in [1.82, 2.24) is 15.0 Å². The minimum atomic E-state index is 0.506. The van der Waals surface area contributed by atoms with Crippen LogP contribution >= 0.6 is 0 Å². The molecular weight excluding hydrogens is 252 g/mol. The van der Waals surface area contributed by atoms with Crippen molar-refractivity contribution < 1.29 is 0 Å². The predicted octanol–water partition coefficient (Wildman–Crippen LogP) is 2.72. The third-order valence-electron chi connectivity index (χ3n) is 2.84. The largest absolute Gasteiger partial charge is 0.393 e. The zero-order valence-corrected chi connectivity index (χ0v) is 11.8. The monoisotopic (exact) mass is 272 g/mol. The van der Waals surface area contributed by atoms with E-state index in [1.54, 1.807) is 0 Å². The first-order valence-electron chi connectivity index (χ1n) is 6.75. The number of rotatable bonds is 6. The maximum Gasteiger partial charge on any atom is 0.160 e. The summed E-state index contributed by atoms with van der Waals surface area (Å²) in [6.07, 6.45) is 3.69. The van der Waals surface area contributed by atoms with Gasteiger partial charge >= 0.3 is 0 Å². The smallest absolute Gasteiger partial charge is 0.160 e. The molecule has 0 saturated carbocycles. The van der Waals surface area contributed by atoms with Crippen molar-refractivity contribution in [3.05, 3.63) is 30.2 Å². The highest BCUT2D eigenvalue weighted by molar-refractivity contribution is 5.76. The molecule has 6 nitrogen and oxygen atoms in total. The maximum absolute atomic E-state index is 6.07. The van der Waals surface area contributed by atoms with Crippen LogP contribution in [0.2, 0.25) is 0 Å². The molecule has 0 aliphatic heterocycles. The second kappa shape index (κ2) is 6.70. The van der Waals surface area contributed by atoms with Gasteiger partial charge in [0.25, 0.3) is 0 Å². The second-order valence-corrected chi connectivity index (χ2v) is 4.55. The standard InChI is InChI=1S/C14H20N6/c1-3-4-8-16-13-12(15)14(18-9-17-13)20-11-7-5-6-10(2)19-11/h5-7,9H,3-4,8,15H2,1-2H3,(H2,16,17,18,19,20). The average Bonchev–Trinajstić information content (AvgIpc) is 2.43. The molecular formula is C14H20N6. The highest BCUT2D eigenvalue weighted by atomic mass is 15.1. The number of nitrogen functional groups attached to an aromatic ring is 1. The average molecular weight is 272 g/mol. The summed E-state index contributed by atoms with van der Waals surface area (Å²) in [4.78, 5) is 12.7. The van der Waals surface area contributed by atoms with Gasteiger partial charge in [-0.15, -0.1) is 0 Å². The van der Waals surface area contributed by atoms with Crippen molar-refractivity contribution in [1.29, 1.82) is 0 Å². The maximum atomic E-state index is 6.07. The minimum Gasteiger partial charge on any atom is -0.393 e. The Bertz CT molecular complexity index is 569. The van der Waals surface area contributed by atoms with Crippen LogP contribution in [0.3, 0.4) is 0 Å².